The highest BCUT2D eigenvalue weighted by Crippen LogP contribution is 2.44. The van der Waals surface area contributed by atoms with Gasteiger partial charge in [0.1, 0.15) is 11.2 Å². The summed E-state index contributed by atoms with van der Waals surface area (Å²) in [5.41, 5.74) is 12.6. The van der Waals surface area contributed by atoms with Crippen LogP contribution in [0.4, 0.5) is 0 Å². The number of hydrogen-bond donors (Lipinski definition) is 0. The Kier molecular flexibility index (Phi) is 8.01. The van der Waals surface area contributed by atoms with Crippen LogP contribution in [-0.2, 0) is 0 Å². The van der Waals surface area contributed by atoms with E-state index in [0.29, 0.717) is 17.5 Å². The van der Waals surface area contributed by atoms with Gasteiger partial charge in [0, 0.05) is 58.7 Å². The number of para-hydroxylation sites is 2. The number of thiophene rings is 1. The van der Waals surface area contributed by atoms with Crippen molar-refractivity contribution in [2.45, 2.75) is 0 Å². The van der Waals surface area contributed by atoms with Gasteiger partial charge in [0.25, 0.3) is 0 Å². The lowest BCUT2D eigenvalue weighted by molar-refractivity contribution is 0.673. The van der Waals surface area contributed by atoms with Gasteiger partial charge in [-0.15, -0.1) is 11.3 Å². The van der Waals surface area contributed by atoms with Crippen molar-refractivity contribution >= 4 is 75.3 Å². The van der Waals surface area contributed by atoms with Crippen LogP contribution >= 0.6 is 11.3 Å². The summed E-state index contributed by atoms with van der Waals surface area (Å²) in [5.74, 6) is 1.92. The molecule has 4 heterocycles. The zero-order valence-corrected chi connectivity index (χ0v) is 34.6. The van der Waals surface area contributed by atoms with Crippen molar-refractivity contribution in [3.63, 3.8) is 0 Å². The van der Waals surface area contributed by atoms with Crippen LogP contribution in [-0.4, -0.2) is 19.5 Å². The molecule has 0 fully saturated rings. The number of furan rings is 1. The van der Waals surface area contributed by atoms with Gasteiger partial charge in [-0.2, -0.15) is 0 Å². The average Bonchev–Trinajstić information content (AvgIpc) is 4.04. The molecule has 294 valence electrons. The predicted octanol–water partition coefficient (Wildman–Crippen LogP) is 15.6. The van der Waals surface area contributed by atoms with Crippen LogP contribution in [0.15, 0.2) is 211 Å². The first-order chi connectivity index (χ1) is 31.2. The zero-order valence-electron chi connectivity index (χ0n) is 33.7. The van der Waals surface area contributed by atoms with Gasteiger partial charge in [0.2, 0.25) is 0 Å². The highest BCUT2D eigenvalue weighted by atomic mass is 32.1. The number of rotatable bonds is 6. The van der Waals surface area contributed by atoms with E-state index < -0.39 is 0 Å². The van der Waals surface area contributed by atoms with Gasteiger partial charge in [-0.3, -0.25) is 0 Å². The maximum Gasteiger partial charge on any atom is 0.164 e. The van der Waals surface area contributed by atoms with Crippen molar-refractivity contribution in [2.75, 3.05) is 0 Å². The monoisotopic (exact) mass is 822 g/mol. The second-order valence-corrected chi connectivity index (χ2v) is 17.0. The Hall–Kier alpha value is -8.19. The van der Waals surface area contributed by atoms with Crippen LogP contribution in [0.5, 0.6) is 0 Å². The molecule has 0 saturated carbocycles. The first-order valence-corrected chi connectivity index (χ1v) is 21.9. The number of fused-ring (bicyclic) bond motifs is 10. The highest BCUT2D eigenvalue weighted by Gasteiger charge is 2.21. The fourth-order valence-electron chi connectivity index (χ4n) is 9.30. The normalized spacial score (nSPS) is 11.8. The van der Waals surface area contributed by atoms with Crippen LogP contribution in [0.3, 0.4) is 0 Å². The van der Waals surface area contributed by atoms with Gasteiger partial charge < -0.3 is 8.98 Å². The van der Waals surface area contributed by atoms with Crippen molar-refractivity contribution < 1.29 is 4.42 Å². The molecule has 13 aromatic rings. The Morgan fingerprint density at radius 1 is 0.365 bits per heavy atom. The molecule has 0 spiro atoms. The van der Waals surface area contributed by atoms with Crippen LogP contribution in [0.2, 0.25) is 0 Å². The first-order valence-electron chi connectivity index (χ1n) is 21.1. The largest absolute Gasteiger partial charge is 0.455 e. The molecule has 4 aromatic heterocycles. The molecule has 0 atom stereocenters. The maximum atomic E-state index is 6.69. The van der Waals surface area contributed by atoms with Crippen molar-refractivity contribution in [1.29, 1.82) is 0 Å². The third-order valence-electron chi connectivity index (χ3n) is 12.3. The van der Waals surface area contributed by atoms with Crippen LogP contribution in [0, 0.1) is 0 Å². The number of benzene rings is 9. The van der Waals surface area contributed by atoms with Gasteiger partial charge in [-0.1, -0.05) is 146 Å². The molecule has 0 amide bonds. The lowest BCUT2D eigenvalue weighted by atomic mass is 9.99. The summed E-state index contributed by atoms with van der Waals surface area (Å²) in [6, 6.07) is 72.6. The summed E-state index contributed by atoms with van der Waals surface area (Å²) < 4.78 is 11.4. The average molecular weight is 823 g/mol. The summed E-state index contributed by atoms with van der Waals surface area (Å²) in [7, 11) is 0. The molecule has 0 N–H and O–H groups in total. The Balaban J connectivity index is 0.991. The molecule has 0 aliphatic rings. The summed E-state index contributed by atoms with van der Waals surface area (Å²) in [4.78, 5) is 15.5. The molecule has 13 rings (SSSR count). The summed E-state index contributed by atoms with van der Waals surface area (Å²) in [5, 5.41) is 6.82. The lowest BCUT2D eigenvalue weighted by Crippen LogP contribution is -2.00. The van der Waals surface area contributed by atoms with E-state index in [1.54, 1.807) is 11.3 Å². The lowest BCUT2D eigenvalue weighted by Gasteiger charge is -2.10. The second-order valence-electron chi connectivity index (χ2n) is 15.9. The van der Waals surface area contributed by atoms with Gasteiger partial charge >= 0.3 is 0 Å². The number of hydrogen-bond acceptors (Lipinski definition) is 5. The van der Waals surface area contributed by atoms with E-state index in [-0.39, 0.29) is 0 Å². The molecule has 0 aliphatic carbocycles. The quantitative estimate of drug-likeness (QED) is 0.168. The SMILES string of the molecule is c1ccc(-c2ccc(-c3nc(-c4ccccc4)nc(-c4cccc5sc6ccc(-c7ccc8c(c7)c7c9oc%10ccccc%10c9ccc7n8-c7ccccc7)cc6c45)n3)cc2)cc1. The van der Waals surface area contributed by atoms with Gasteiger partial charge in [0.15, 0.2) is 17.5 Å². The molecule has 0 unspecified atom stereocenters. The molecule has 63 heavy (non-hydrogen) atoms. The summed E-state index contributed by atoms with van der Waals surface area (Å²) in [6.07, 6.45) is 0. The predicted molar refractivity (Wildman–Crippen MR) is 262 cm³/mol. The van der Waals surface area contributed by atoms with Crippen LogP contribution in [0.1, 0.15) is 0 Å². The van der Waals surface area contributed by atoms with Crippen LogP contribution in [0.25, 0.3) is 126 Å². The minimum atomic E-state index is 0.636. The molecular weight excluding hydrogens is 789 g/mol. The van der Waals surface area contributed by atoms with Gasteiger partial charge in [-0.05, 0) is 82.9 Å². The first kappa shape index (κ1) is 35.6. The fraction of sp³-hybridized carbons (Fsp3) is 0. The second kappa shape index (κ2) is 14.2. The number of nitrogens with zero attached hydrogens (tertiary/aromatic N) is 4. The molecule has 0 saturated heterocycles. The van der Waals surface area contributed by atoms with Crippen molar-refractivity contribution in [3.05, 3.63) is 206 Å². The fourth-order valence-corrected chi connectivity index (χ4v) is 10.4. The molecular formula is C57H34N4OS. The van der Waals surface area contributed by atoms with Crippen LogP contribution < -0.4 is 0 Å². The summed E-state index contributed by atoms with van der Waals surface area (Å²) >= 11 is 1.80. The van der Waals surface area contributed by atoms with E-state index in [9.17, 15) is 0 Å². The van der Waals surface area contributed by atoms with E-state index in [1.165, 1.54) is 20.3 Å². The maximum absolute atomic E-state index is 6.69. The smallest absolute Gasteiger partial charge is 0.164 e. The Labute approximate surface area is 365 Å². The molecule has 0 bridgehead atoms. The van der Waals surface area contributed by atoms with Crippen molar-refractivity contribution in [3.8, 4) is 62.1 Å². The Morgan fingerprint density at radius 3 is 1.73 bits per heavy atom. The Morgan fingerprint density at radius 2 is 0.952 bits per heavy atom. The Bertz CT molecular complexity index is 3890. The topological polar surface area (TPSA) is 56.7 Å². The van der Waals surface area contributed by atoms with E-state index in [0.717, 1.165) is 88.2 Å². The molecule has 0 aliphatic heterocycles. The van der Waals surface area contributed by atoms with Crippen molar-refractivity contribution in [1.82, 2.24) is 19.5 Å². The zero-order chi connectivity index (χ0) is 41.4. The van der Waals surface area contributed by atoms with Gasteiger partial charge in [0.05, 0.1) is 16.4 Å². The minimum Gasteiger partial charge on any atom is -0.455 e. The van der Waals surface area contributed by atoms with E-state index in [4.69, 9.17) is 19.4 Å². The van der Waals surface area contributed by atoms with Crippen molar-refractivity contribution in [2.24, 2.45) is 0 Å². The standard InChI is InChI=1S/C57H34N4OS/c1-4-13-35(14-5-1)36-23-25-38(26-24-36)56-58-55(37-15-6-2-7-16-37)59-57(60-56)44-20-12-22-51-52(44)46-34-40(28-32-50(46)63-51)39-27-30-47-45(33-39)53-48(61(47)41-17-8-3-9-18-41)31-29-43-42-19-10-11-21-49(42)62-54(43)53/h1-34H. The van der Waals surface area contributed by atoms with E-state index in [2.05, 4.69) is 180 Å². The molecule has 6 heteroatoms. The van der Waals surface area contributed by atoms with E-state index in [1.807, 2.05) is 30.3 Å². The third kappa shape index (κ3) is 5.80. The summed E-state index contributed by atoms with van der Waals surface area (Å²) in [6.45, 7) is 0. The molecule has 5 nitrogen and oxygen atoms in total. The molecule has 9 aromatic carbocycles. The highest BCUT2D eigenvalue weighted by molar-refractivity contribution is 7.26. The van der Waals surface area contributed by atoms with E-state index >= 15 is 0 Å². The molecule has 0 radical (unpaired) electrons. The van der Waals surface area contributed by atoms with Gasteiger partial charge in [-0.25, -0.2) is 15.0 Å². The minimum absolute atomic E-state index is 0.636. The third-order valence-corrected chi connectivity index (χ3v) is 13.4. The number of aromatic nitrogens is 4.